The second-order valence-electron chi connectivity index (χ2n) is 12.9. The van der Waals surface area contributed by atoms with Crippen LogP contribution in [0.3, 0.4) is 0 Å². The van der Waals surface area contributed by atoms with Crippen molar-refractivity contribution in [2.75, 3.05) is 37.6 Å². The van der Waals surface area contributed by atoms with Gasteiger partial charge in [0.15, 0.2) is 0 Å². The lowest BCUT2D eigenvalue weighted by Crippen LogP contribution is -2.58. The molecule has 0 spiro atoms. The van der Waals surface area contributed by atoms with E-state index in [2.05, 4.69) is 20.9 Å². The molecule has 0 aliphatic carbocycles. The number of aliphatic imine (C=N–C) groups is 1. The maximum absolute atomic E-state index is 14.1. The third kappa shape index (κ3) is 12.2. The van der Waals surface area contributed by atoms with Gasteiger partial charge in [-0.25, -0.2) is 0 Å². The van der Waals surface area contributed by atoms with Gasteiger partial charge >= 0.3 is 5.97 Å². The quantitative estimate of drug-likeness (QED) is 0.0672. The molecule has 54 heavy (non-hydrogen) atoms. The number of primary amides is 1. The number of nitrogens with zero attached hydrogens (tertiary/aromatic N) is 2. The lowest BCUT2D eigenvalue weighted by atomic mass is 10.0. The van der Waals surface area contributed by atoms with Crippen molar-refractivity contribution in [1.82, 2.24) is 20.9 Å². The van der Waals surface area contributed by atoms with Gasteiger partial charge in [-0.05, 0) is 60.2 Å². The van der Waals surface area contributed by atoms with E-state index < -0.39 is 60.2 Å². The second kappa shape index (κ2) is 20.6. The Bertz CT molecular complexity index is 1900. The zero-order chi connectivity index (χ0) is 39.0. The number of nitrogens with two attached hydrogens (primary N) is 1. The van der Waals surface area contributed by atoms with Crippen LogP contribution in [0.15, 0.2) is 90.1 Å². The van der Waals surface area contributed by atoms with Crippen molar-refractivity contribution in [2.45, 2.75) is 56.8 Å². The first-order valence-corrected chi connectivity index (χ1v) is 19.1. The molecule has 0 saturated carbocycles. The topological polar surface area (TPSA) is 188 Å². The molecule has 286 valence electrons. The zero-order valence-corrected chi connectivity index (χ0v) is 31.9. The molecule has 0 aliphatic heterocycles. The summed E-state index contributed by atoms with van der Waals surface area (Å²) in [6.07, 6.45) is 5.41. The number of fused-ring (bicyclic) bond motifs is 1. The van der Waals surface area contributed by atoms with E-state index in [1.165, 1.54) is 11.8 Å². The normalized spacial score (nSPS) is 13.4. The lowest BCUT2D eigenvalue weighted by molar-refractivity contribution is -0.146. The Morgan fingerprint density at radius 3 is 2.17 bits per heavy atom. The number of carbonyl (C=O) groups excluding carboxylic acids is 5. The molecule has 0 unspecified atom stereocenters. The van der Waals surface area contributed by atoms with Crippen molar-refractivity contribution >= 4 is 64.2 Å². The summed E-state index contributed by atoms with van der Waals surface area (Å²) in [4.78, 5) is 76.5. The molecule has 1 aromatic heterocycles. The maximum atomic E-state index is 14.1. The van der Waals surface area contributed by atoms with Crippen LogP contribution >= 0.6 is 11.8 Å². The number of aromatic amines is 1. The minimum absolute atomic E-state index is 0.0591. The number of hydrogen-bond donors (Lipinski definition) is 5. The van der Waals surface area contributed by atoms with Crippen LogP contribution in [0.25, 0.3) is 10.9 Å². The van der Waals surface area contributed by atoms with Crippen molar-refractivity contribution in [2.24, 2.45) is 10.7 Å². The number of aromatic nitrogens is 1. The first kappa shape index (κ1) is 41.1. The van der Waals surface area contributed by atoms with Gasteiger partial charge in [0.2, 0.25) is 23.6 Å². The van der Waals surface area contributed by atoms with Gasteiger partial charge in [0, 0.05) is 55.9 Å². The lowest BCUT2D eigenvalue weighted by Gasteiger charge is -2.25. The molecule has 0 radical (unpaired) electrons. The molecule has 3 aromatic carbocycles. The fraction of sp³-hybridized carbons (Fsp3) is 0.350. The third-order valence-corrected chi connectivity index (χ3v) is 9.34. The molecule has 4 atom stereocenters. The van der Waals surface area contributed by atoms with Gasteiger partial charge in [0.1, 0.15) is 24.2 Å². The van der Waals surface area contributed by atoms with Gasteiger partial charge in [-0.1, -0.05) is 60.7 Å². The summed E-state index contributed by atoms with van der Waals surface area (Å²) in [6.45, 7) is 1.68. The highest BCUT2D eigenvalue weighted by Gasteiger charge is 2.32. The minimum atomic E-state index is -1.42. The average molecular weight is 756 g/mol. The number of ether oxygens (including phenoxy) is 1. The Morgan fingerprint density at radius 2 is 1.50 bits per heavy atom. The van der Waals surface area contributed by atoms with Gasteiger partial charge in [0.25, 0.3) is 0 Å². The largest absolute Gasteiger partial charge is 0.466 e. The van der Waals surface area contributed by atoms with Crippen molar-refractivity contribution in [3.63, 3.8) is 0 Å². The first-order chi connectivity index (χ1) is 26.0. The van der Waals surface area contributed by atoms with Gasteiger partial charge in [-0.3, -0.25) is 29.0 Å². The fourth-order valence-corrected chi connectivity index (χ4v) is 6.21. The Balaban J connectivity index is 1.57. The monoisotopic (exact) mass is 755 g/mol. The van der Waals surface area contributed by atoms with Crippen molar-refractivity contribution in [1.29, 1.82) is 0 Å². The molecule has 0 aliphatic rings. The Morgan fingerprint density at radius 1 is 0.852 bits per heavy atom. The van der Waals surface area contributed by atoms with Crippen molar-refractivity contribution in [3.8, 4) is 0 Å². The standard InChI is InChI=1S/C40H49N7O6S/c1-5-53-36(48)23-35(40(52)45-33(37(41)49)21-26-11-7-6-8-12-26)46-38(50)32(19-20-54-4)44-39(51)34(22-28-25-43-31-14-10-9-13-30(28)31)42-24-27-15-17-29(18-16-27)47(2)3/h6-18,24-25,32-35,43H,5,19-23H2,1-4H3,(H2,41,49)(H,44,51)(H,45,52)(H,46,50)/t32-,33-,34-,35-/m0/s1. The van der Waals surface area contributed by atoms with E-state index in [1.54, 1.807) is 37.4 Å². The van der Waals surface area contributed by atoms with Gasteiger partial charge in [0.05, 0.1) is 13.0 Å². The highest BCUT2D eigenvalue weighted by molar-refractivity contribution is 7.98. The van der Waals surface area contributed by atoms with Crippen LogP contribution in [0, 0.1) is 0 Å². The predicted octanol–water partition coefficient (Wildman–Crippen LogP) is 3.15. The van der Waals surface area contributed by atoms with Gasteiger partial charge in [-0.2, -0.15) is 11.8 Å². The second-order valence-corrected chi connectivity index (χ2v) is 13.9. The van der Waals surface area contributed by atoms with E-state index in [9.17, 15) is 24.0 Å². The molecular weight excluding hydrogens is 707 g/mol. The number of amides is 4. The number of nitrogens with one attached hydrogen (secondary N) is 4. The summed E-state index contributed by atoms with van der Waals surface area (Å²) in [5.74, 6) is -2.99. The number of para-hydroxylation sites is 1. The molecule has 1 heterocycles. The Kier molecular flexibility index (Phi) is 15.7. The number of hydrogen-bond acceptors (Lipinski definition) is 9. The summed E-state index contributed by atoms with van der Waals surface area (Å²) in [6, 6.07) is 19.9. The zero-order valence-electron chi connectivity index (χ0n) is 31.0. The fourth-order valence-electron chi connectivity index (χ4n) is 5.74. The molecule has 4 rings (SSSR count). The van der Waals surface area contributed by atoms with Crippen LogP contribution in [0.4, 0.5) is 5.69 Å². The number of carbonyl (C=O) groups is 5. The summed E-state index contributed by atoms with van der Waals surface area (Å²) in [7, 11) is 3.90. The number of H-pyrrole nitrogens is 1. The minimum Gasteiger partial charge on any atom is -0.466 e. The summed E-state index contributed by atoms with van der Waals surface area (Å²) in [5, 5.41) is 9.04. The van der Waals surface area contributed by atoms with E-state index in [0.29, 0.717) is 5.75 Å². The highest BCUT2D eigenvalue weighted by atomic mass is 32.2. The van der Waals surface area contributed by atoms with Crippen LogP contribution in [-0.2, 0) is 41.6 Å². The molecule has 0 bridgehead atoms. The van der Waals surface area contributed by atoms with Crippen LogP contribution < -0.4 is 26.6 Å². The SMILES string of the molecule is CCOC(=O)C[C@H](NC(=O)[C@H](CCSC)NC(=O)[C@H](Cc1c[nH]c2ccccc12)N=Cc1ccc(N(C)C)cc1)C(=O)N[C@@H](Cc1ccccc1)C(N)=O. The smallest absolute Gasteiger partial charge is 0.308 e. The molecule has 4 amide bonds. The van der Waals surface area contributed by atoms with Gasteiger partial charge < -0.3 is 36.3 Å². The van der Waals surface area contributed by atoms with E-state index in [-0.39, 0.29) is 25.9 Å². The van der Waals surface area contributed by atoms with E-state index >= 15 is 0 Å². The van der Waals surface area contributed by atoms with E-state index in [4.69, 9.17) is 15.5 Å². The van der Waals surface area contributed by atoms with Crippen LogP contribution in [0.2, 0.25) is 0 Å². The molecular formula is C40H49N7O6S. The van der Waals surface area contributed by atoms with Crippen molar-refractivity contribution < 1.29 is 28.7 Å². The predicted molar refractivity (Wildman–Crippen MR) is 214 cm³/mol. The Labute approximate surface area is 319 Å². The van der Waals surface area contributed by atoms with Crippen LogP contribution in [-0.4, -0.2) is 97.7 Å². The molecule has 6 N–H and O–H groups in total. The first-order valence-electron chi connectivity index (χ1n) is 17.7. The Hall–Kier alpha value is -5.63. The van der Waals surface area contributed by atoms with Crippen LogP contribution in [0.1, 0.15) is 36.5 Å². The van der Waals surface area contributed by atoms with Gasteiger partial charge in [-0.15, -0.1) is 0 Å². The van der Waals surface area contributed by atoms with E-state index in [1.807, 2.05) is 86.0 Å². The number of thioether (sulfide) groups is 1. The third-order valence-electron chi connectivity index (χ3n) is 8.70. The number of anilines is 1. The molecule has 4 aromatic rings. The number of benzene rings is 3. The average Bonchev–Trinajstić information content (AvgIpc) is 3.57. The summed E-state index contributed by atoms with van der Waals surface area (Å²) >= 11 is 1.48. The molecule has 14 heteroatoms. The molecule has 0 fully saturated rings. The summed E-state index contributed by atoms with van der Waals surface area (Å²) in [5.41, 5.74) is 9.98. The van der Waals surface area contributed by atoms with E-state index in [0.717, 1.165) is 33.3 Å². The van der Waals surface area contributed by atoms with Crippen molar-refractivity contribution in [3.05, 3.63) is 102 Å². The number of esters is 1. The molecule has 0 saturated heterocycles. The summed E-state index contributed by atoms with van der Waals surface area (Å²) < 4.78 is 5.08. The molecule has 13 nitrogen and oxygen atoms in total. The maximum Gasteiger partial charge on any atom is 0.308 e. The van der Waals surface area contributed by atoms with Crippen LogP contribution in [0.5, 0.6) is 0 Å². The number of rotatable bonds is 20. The highest BCUT2D eigenvalue weighted by Crippen LogP contribution is 2.21.